The van der Waals surface area contributed by atoms with Crippen LogP contribution in [-0.2, 0) is 4.74 Å². The smallest absolute Gasteiger partial charge is 0.0491 e. The maximum absolute atomic E-state index is 5.10. The highest BCUT2D eigenvalue weighted by atomic mass is 79.9. The first kappa shape index (κ1) is 8.54. The van der Waals surface area contributed by atoms with E-state index in [0.29, 0.717) is 0 Å². The number of rotatable bonds is 2. The van der Waals surface area contributed by atoms with Gasteiger partial charge in [0, 0.05) is 18.5 Å². The molecule has 2 heteroatoms. The van der Waals surface area contributed by atoms with Crippen molar-refractivity contribution >= 4 is 15.9 Å². The van der Waals surface area contributed by atoms with E-state index in [1.54, 1.807) is 7.11 Å². The third-order valence-electron chi connectivity index (χ3n) is 2.28. The first-order chi connectivity index (χ1) is 4.74. The molecule has 0 spiro atoms. The van der Waals surface area contributed by atoms with E-state index in [1.165, 1.54) is 12.8 Å². The number of ether oxygens (including phenoxy) is 1. The van der Waals surface area contributed by atoms with Crippen LogP contribution >= 0.6 is 15.9 Å². The molecule has 0 N–H and O–H groups in total. The lowest BCUT2D eigenvalue weighted by molar-refractivity contribution is 0.153. The Balaban J connectivity index is 2.27. The highest BCUT2D eigenvalue weighted by Gasteiger charge is 2.28. The van der Waals surface area contributed by atoms with Crippen LogP contribution in [-0.4, -0.2) is 18.5 Å². The summed E-state index contributed by atoms with van der Waals surface area (Å²) < 4.78 is 5.10. The number of hydrogen-bond donors (Lipinski definition) is 0. The largest absolute Gasteiger partial charge is 0.384 e. The molecule has 3 atom stereocenters. The third-order valence-corrected chi connectivity index (χ3v) is 3.56. The van der Waals surface area contributed by atoms with Crippen molar-refractivity contribution in [3.8, 4) is 0 Å². The molecule has 0 aromatic heterocycles. The van der Waals surface area contributed by atoms with Gasteiger partial charge in [0.05, 0.1) is 0 Å². The van der Waals surface area contributed by atoms with Crippen molar-refractivity contribution in [2.75, 3.05) is 13.7 Å². The molecule has 0 amide bonds. The Morgan fingerprint density at radius 1 is 1.50 bits per heavy atom. The monoisotopic (exact) mass is 206 g/mol. The van der Waals surface area contributed by atoms with Crippen molar-refractivity contribution in [2.45, 2.75) is 24.6 Å². The van der Waals surface area contributed by atoms with Crippen LogP contribution in [0.3, 0.4) is 0 Å². The van der Waals surface area contributed by atoms with E-state index in [1.807, 2.05) is 0 Å². The molecule has 1 aliphatic rings. The SMILES string of the molecule is COCC1CC(C)C(Br)C1. The Morgan fingerprint density at radius 2 is 2.20 bits per heavy atom. The maximum atomic E-state index is 5.10. The lowest BCUT2D eigenvalue weighted by Gasteiger charge is -2.05. The van der Waals surface area contributed by atoms with Crippen LogP contribution in [0.2, 0.25) is 0 Å². The summed E-state index contributed by atoms with van der Waals surface area (Å²) in [5.74, 6) is 1.63. The van der Waals surface area contributed by atoms with E-state index in [0.717, 1.165) is 23.3 Å². The summed E-state index contributed by atoms with van der Waals surface area (Å²) in [4.78, 5) is 0.729. The fraction of sp³-hybridized carbons (Fsp3) is 1.00. The minimum atomic E-state index is 0.729. The lowest BCUT2D eigenvalue weighted by Crippen LogP contribution is -2.03. The quantitative estimate of drug-likeness (QED) is 0.632. The zero-order chi connectivity index (χ0) is 7.56. The van der Waals surface area contributed by atoms with E-state index in [2.05, 4.69) is 22.9 Å². The summed E-state index contributed by atoms with van der Waals surface area (Å²) in [5, 5.41) is 0. The van der Waals surface area contributed by atoms with Crippen molar-refractivity contribution < 1.29 is 4.74 Å². The minimum Gasteiger partial charge on any atom is -0.384 e. The molecule has 1 nitrogen and oxygen atoms in total. The topological polar surface area (TPSA) is 9.23 Å². The summed E-state index contributed by atoms with van der Waals surface area (Å²) in [6.07, 6.45) is 2.61. The average molecular weight is 207 g/mol. The molecule has 1 rings (SSSR count). The van der Waals surface area contributed by atoms with Crippen molar-refractivity contribution in [3.63, 3.8) is 0 Å². The second-order valence-corrected chi connectivity index (χ2v) is 4.46. The lowest BCUT2D eigenvalue weighted by atomic mass is 10.1. The molecule has 1 fully saturated rings. The van der Waals surface area contributed by atoms with Crippen molar-refractivity contribution in [1.29, 1.82) is 0 Å². The maximum Gasteiger partial charge on any atom is 0.0491 e. The van der Waals surface area contributed by atoms with Gasteiger partial charge >= 0.3 is 0 Å². The fourth-order valence-electron chi connectivity index (χ4n) is 1.69. The summed E-state index contributed by atoms with van der Waals surface area (Å²) in [6, 6.07) is 0. The first-order valence-corrected chi connectivity index (χ1v) is 4.78. The Labute approximate surface area is 71.3 Å². The van der Waals surface area contributed by atoms with Gasteiger partial charge in [0.2, 0.25) is 0 Å². The Morgan fingerprint density at radius 3 is 2.60 bits per heavy atom. The van der Waals surface area contributed by atoms with Crippen LogP contribution < -0.4 is 0 Å². The molecule has 0 aromatic rings. The van der Waals surface area contributed by atoms with Gasteiger partial charge < -0.3 is 4.74 Å². The molecule has 0 saturated heterocycles. The highest BCUT2D eigenvalue weighted by Crippen LogP contribution is 2.35. The number of alkyl halides is 1. The summed E-state index contributed by atoms with van der Waals surface area (Å²) in [6.45, 7) is 3.24. The van der Waals surface area contributed by atoms with Crippen LogP contribution in [0.5, 0.6) is 0 Å². The first-order valence-electron chi connectivity index (χ1n) is 3.87. The van der Waals surface area contributed by atoms with E-state index in [4.69, 9.17) is 4.74 Å². The second-order valence-electron chi connectivity index (χ2n) is 3.29. The van der Waals surface area contributed by atoms with Gasteiger partial charge in [0.1, 0.15) is 0 Å². The molecule has 1 aliphatic carbocycles. The van der Waals surface area contributed by atoms with Gasteiger partial charge in [-0.25, -0.2) is 0 Å². The fourth-order valence-corrected chi connectivity index (χ4v) is 2.44. The van der Waals surface area contributed by atoms with Crippen molar-refractivity contribution in [1.82, 2.24) is 0 Å². The van der Waals surface area contributed by atoms with Crippen LogP contribution in [0.25, 0.3) is 0 Å². The van der Waals surface area contributed by atoms with Crippen molar-refractivity contribution in [3.05, 3.63) is 0 Å². The zero-order valence-corrected chi connectivity index (χ0v) is 8.23. The van der Waals surface area contributed by atoms with E-state index >= 15 is 0 Å². The van der Waals surface area contributed by atoms with Gasteiger partial charge in [0.25, 0.3) is 0 Å². The molecular formula is C8H15BrO. The van der Waals surface area contributed by atoms with Gasteiger partial charge in [-0.05, 0) is 24.7 Å². The van der Waals surface area contributed by atoms with Gasteiger partial charge in [-0.2, -0.15) is 0 Å². The van der Waals surface area contributed by atoms with Gasteiger partial charge in [-0.15, -0.1) is 0 Å². The Hall–Kier alpha value is 0.440. The molecule has 0 aromatic carbocycles. The summed E-state index contributed by atoms with van der Waals surface area (Å²) in [7, 11) is 1.78. The second kappa shape index (κ2) is 3.72. The normalized spacial score (nSPS) is 40.5. The Bertz CT molecular complexity index is 95.4. The van der Waals surface area contributed by atoms with Crippen LogP contribution in [0, 0.1) is 11.8 Å². The molecule has 3 unspecified atom stereocenters. The zero-order valence-electron chi connectivity index (χ0n) is 6.64. The molecule has 0 aliphatic heterocycles. The predicted molar refractivity (Wildman–Crippen MR) is 46.5 cm³/mol. The van der Waals surface area contributed by atoms with Gasteiger partial charge in [-0.1, -0.05) is 22.9 Å². The van der Waals surface area contributed by atoms with Gasteiger partial charge in [0.15, 0.2) is 0 Å². The highest BCUT2D eigenvalue weighted by molar-refractivity contribution is 9.09. The Kier molecular flexibility index (Phi) is 3.18. The number of halogens is 1. The van der Waals surface area contributed by atoms with E-state index < -0.39 is 0 Å². The van der Waals surface area contributed by atoms with E-state index in [-0.39, 0.29) is 0 Å². The summed E-state index contributed by atoms with van der Waals surface area (Å²) in [5.41, 5.74) is 0. The van der Waals surface area contributed by atoms with Crippen LogP contribution in [0.1, 0.15) is 19.8 Å². The molecule has 0 bridgehead atoms. The molecule has 0 heterocycles. The molecular weight excluding hydrogens is 192 g/mol. The molecule has 1 saturated carbocycles. The predicted octanol–water partition coefficient (Wildman–Crippen LogP) is 2.44. The van der Waals surface area contributed by atoms with Crippen LogP contribution in [0.4, 0.5) is 0 Å². The van der Waals surface area contributed by atoms with E-state index in [9.17, 15) is 0 Å². The minimum absolute atomic E-state index is 0.729. The number of hydrogen-bond acceptors (Lipinski definition) is 1. The average Bonchev–Trinajstić information content (AvgIpc) is 2.14. The van der Waals surface area contributed by atoms with Gasteiger partial charge in [-0.3, -0.25) is 0 Å². The summed E-state index contributed by atoms with van der Waals surface area (Å²) >= 11 is 3.66. The molecule has 10 heavy (non-hydrogen) atoms. The molecule has 60 valence electrons. The standard InChI is InChI=1S/C8H15BrO/c1-6-3-7(5-10-2)4-8(6)9/h6-8H,3-5H2,1-2H3. The van der Waals surface area contributed by atoms with Crippen LogP contribution in [0.15, 0.2) is 0 Å². The molecule has 0 radical (unpaired) electrons. The third kappa shape index (κ3) is 1.96. The number of methoxy groups -OCH3 is 1. The van der Waals surface area contributed by atoms with Crippen molar-refractivity contribution in [2.24, 2.45) is 11.8 Å².